The number of rotatable bonds is 15. The van der Waals surface area contributed by atoms with Gasteiger partial charge >= 0.3 is 5.97 Å². The molecule has 0 spiro atoms. The Morgan fingerprint density at radius 2 is 1.54 bits per heavy atom. The Labute approximate surface area is 159 Å². The number of aliphatic carboxylic acids is 1. The number of hydrogen-bond donors (Lipinski definition) is 2. The highest BCUT2D eigenvalue weighted by Gasteiger charge is 2.41. The number of likely N-dealkylation sites (N-methyl/N-ethyl adjacent to an activating group) is 1. The first-order valence-corrected chi connectivity index (χ1v) is 9.73. The van der Waals surface area contributed by atoms with Crippen molar-refractivity contribution in [2.75, 3.05) is 27.7 Å². The number of nitrogens with zero attached hydrogens (tertiary/aromatic N) is 1. The molecular formula is C21H38NO4+. The Bertz CT molecular complexity index is 477. The van der Waals surface area contributed by atoms with Crippen LogP contribution < -0.4 is 0 Å². The Morgan fingerprint density at radius 3 is 2.08 bits per heavy atom. The van der Waals surface area contributed by atoms with Crippen LogP contribution in [0.4, 0.5) is 0 Å². The minimum atomic E-state index is -1.88. The Hall–Kier alpha value is -1.46. The number of hydrogen-bond acceptors (Lipinski definition) is 3. The molecule has 0 aliphatic heterocycles. The summed E-state index contributed by atoms with van der Waals surface area (Å²) >= 11 is 0. The topological polar surface area (TPSA) is 74.6 Å². The molecule has 26 heavy (non-hydrogen) atoms. The van der Waals surface area contributed by atoms with Crippen molar-refractivity contribution in [2.24, 2.45) is 0 Å². The highest BCUT2D eigenvalue weighted by atomic mass is 16.4. The number of quaternary nitrogens is 1. The lowest BCUT2D eigenvalue weighted by atomic mass is 9.92. The van der Waals surface area contributed by atoms with E-state index >= 15 is 0 Å². The van der Waals surface area contributed by atoms with Crippen molar-refractivity contribution in [1.82, 2.24) is 0 Å². The van der Waals surface area contributed by atoms with E-state index in [1.807, 2.05) is 27.2 Å². The van der Waals surface area contributed by atoms with Crippen LogP contribution in [0.25, 0.3) is 0 Å². The molecule has 5 nitrogen and oxygen atoms in total. The molecule has 2 N–H and O–H groups in total. The van der Waals surface area contributed by atoms with Gasteiger partial charge in [-0.1, -0.05) is 63.7 Å². The van der Waals surface area contributed by atoms with Crippen molar-refractivity contribution in [1.29, 1.82) is 0 Å². The van der Waals surface area contributed by atoms with Gasteiger partial charge in [0.15, 0.2) is 11.4 Å². The Balaban J connectivity index is 4.33. The number of allylic oxidation sites excluding steroid dienone is 3. The van der Waals surface area contributed by atoms with Gasteiger partial charge < -0.3 is 14.7 Å². The first kappa shape index (κ1) is 24.5. The van der Waals surface area contributed by atoms with Crippen LogP contribution in [0.2, 0.25) is 0 Å². The van der Waals surface area contributed by atoms with Gasteiger partial charge in [0.25, 0.3) is 0 Å². The average Bonchev–Trinajstić information content (AvgIpc) is 2.49. The zero-order chi connectivity index (χ0) is 20.1. The summed E-state index contributed by atoms with van der Waals surface area (Å²) in [6, 6.07) is 0. The van der Waals surface area contributed by atoms with Gasteiger partial charge in [-0.15, -0.1) is 0 Å². The smallest absolute Gasteiger partial charge is 0.307 e. The third-order valence-corrected chi connectivity index (χ3v) is 4.11. The van der Waals surface area contributed by atoms with Crippen molar-refractivity contribution in [2.45, 2.75) is 70.3 Å². The van der Waals surface area contributed by atoms with Crippen molar-refractivity contribution in [3.05, 3.63) is 24.3 Å². The molecule has 0 heterocycles. The first-order chi connectivity index (χ1) is 12.1. The van der Waals surface area contributed by atoms with E-state index in [0.29, 0.717) is 4.48 Å². The summed E-state index contributed by atoms with van der Waals surface area (Å²) < 4.78 is 0.303. The minimum Gasteiger partial charge on any atom is -0.481 e. The molecule has 0 aromatic heterocycles. The summed E-state index contributed by atoms with van der Waals surface area (Å²) in [5.41, 5.74) is -1.88. The summed E-state index contributed by atoms with van der Waals surface area (Å²) in [6.07, 6.45) is 15.9. The monoisotopic (exact) mass is 368 g/mol. The lowest BCUT2D eigenvalue weighted by molar-refractivity contribution is -0.875. The second kappa shape index (κ2) is 12.8. The molecule has 0 bridgehead atoms. The molecule has 0 fully saturated rings. The molecule has 0 aliphatic rings. The molecule has 1 unspecified atom stereocenters. The largest absolute Gasteiger partial charge is 0.481 e. The maximum atomic E-state index is 12.3. The van der Waals surface area contributed by atoms with Crippen molar-refractivity contribution < 1.29 is 24.3 Å². The Morgan fingerprint density at radius 1 is 0.962 bits per heavy atom. The third-order valence-electron chi connectivity index (χ3n) is 4.11. The molecule has 0 amide bonds. The van der Waals surface area contributed by atoms with Crippen molar-refractivity contribution >= 4 is 11.8 Å². The third kappa shape index (κ3) is 12.8. The number of carboxylic acid groups (broad SMARTS) is 1. The van der Waals surface area contributed by atoms with Crippen LogP contribution in [0, 0.1) is 0 Å². The van der Waals surface area contributed by atoms with Crippen LogP contribution in [0.3, 0.4) is 0 Å². The van der Waals surface area contributed by atoms with E-state index in [-0.39, 0.29) is 6.54 Å². The zero-order valence-corrected chi connectivity index (χ0v) is 17.0. The molecule has 0 saturated heterocycles. The lowest BCUT2D eigenvalue weighted by Gasteiger charge is -2.33. The van der Waals surface area contributed by atoms with Crippen LogP contribution in [-0.2, 0) is 9.59 Å². The highest BCUT2D eigenvalue weighted by molar-refractivity contribution is 5.99. The molecular weight excluding hydrogens is 330 g/mol. The van der Waals surface area contributed by atoms with Gasteiger partial charge in [-0.05, 0) is 18.9 Å². The molecule has 0 aromatic rings. The minimum absolute atomic E-state index is 0.0459. The number of aliphatic hydroxyl groups is 1. The SMILES string of the molecule is CCCCCCCCC/C=C/C=C/C(=O)C(O)(CC(=O)O)C[N+](C)(C)C. The maximum Gasteiger partial charge on any atom is 0.307 e. The predicted octanol–water partition coefficient (Wildman–Crippen LogP) is 3.72. The molecule has 5 heteroatoms. The van der Waals surface area contributed by atoms with Gasteiger partial charge in [0.05, 0.1) is 27.6 Å². The van der Waals surface area contributed by atoms with Gasteiger partial charge in [-0.2, -0.15) is 0 Å². The predicted molar refractivity (Wildman–Crippen MR) is 106 cm³/mol. The van der Waals surface area contributed by atoms with E-state index < -0.39 is 23.8 Å². The normalized spacial score (nSPS) is 14.8. The Kier molecular flexibility index (Phi) is 12.1. The standard InChI is InChI=1S/C21H37NO4/c1-5-6-7-8-9-10-11-12-13-14-15-16-19(23)21(26,17-20(24)25)18-22(2,3)4/h13-16,26H,5-12,17-18H2,1-4H3/p+1/b14-13+,16-15+. The second-order valence-corrected chi connectivity index (χ2v) is 8.11. The molecule has 0 rings (SSSR count). The van der Waals surface area contributed by atoms with E-state index in [4.69, 9.17) is 5.11 Å². The summed E-state index contributed by atoms with van der Waals surface area (Å²) in [5.74, 6) is -1.74. The van der Waals surface area contributed by atoms with Crippen LogP contribution >= 0.6 is 0 Å². The van der Waals surface area contributed by atoms with Crippen LogP contribution in [0.5, 0.6) is 0 Å². The number of ketones is 1. The molecule has 0 aliphatic carbocycles. The summed E-state index contributed by atoms with van der Waals surface area (Å²) in [6.45, 7) is 2.26. The van der Waals surface area contributed by atoms with Gasteiger partial charge in [-0.25, -0.2) is 0 Å². The van der Waals surface area contributed by atoms with Crippen LogP contribution in [-0.4, -0.2) is 59.7 Å². The van der Waals surface area contributed by atoms with Gasteiger partial charge in [0.1, 0.15) is 6.54 Å². The van der Waals surface area contributed by atoms with E-state index in [2.05, 4.69) is 6.92 Å². The van der Waals surface area contributed by atoms with E-state index in [1.54, 1.807) is 12.2 Å². The average molecular weight is 369 g/mol. The van der Waals surface area contributed by atoms with Gasteiger partial charge in [-0.3, -0.25) is 9.59 Å². The molecule has 0 radical (unpaired) electrons. The fourth-order valence-corrected chi connectivity index (χ4v) is 2.95. The van der Waals surface area contributed by atoms with Crippen LogP contribution in [0.15, 0.2) is 24.3 Å². The first-order valence-electron chi connectivity index (χ1n) is 9.73. The van der Waals surface area contributed by atoms with Crippen LogP contribution in [0.1, 0.15) is 64.7 Å². The number of unbranched alkanes of at least 4 members (excludes halogenated alkanes) is 7. The highest BCUT2D eigenvalue weighted by Crippen LogP contribution is 2.17. The van der Waals surface area contributed by atoms with Gasteiger partial charge in [0.2, 0.25) is 0 Å². The van der Waals surface area contributed by atoms with Crippen molar-refractivity contribution in [3.63, 3.8) is 0 Å². The summed E-state index contributed by atoms with van der Waals surface area (Å²) in [7, 11) is 5.43. The van der Waals surface area contributed by atoms with E-state index in [9.17, 15) is 14.7 Å². The molecule has 1 atom stereocenters. The number of carbonyl (C=O) groups excluding carboxylic acids is 1. The fraction of sp³-hybridized carbons (Fsp3) is 0.714. The quantitative estimate of drug-likeness (QED) is 0.200. The molecule has 0 saturated carbocycles. The van der Waals surface area contributed by atoms with Crippen molar-refractivity contribution in [3.8, 4) is 0 Å². The molecule has 0 aromatic carbocycles. The summed E-state index contributed by atoms with van der Waals surface area (Å²) in [4.78, 5) is 23.3. The lowest BCUT2D eigenvalue weighted by Crippen LogP contribution is -2.54. The molecule has 150 valence electrons. The van der Waals surface area contributed by atoms with E-state index in [1.165, 1.54) is 44.6 Å². The second-order valence-electron chi connectivity index (χ2n) is 8.11. The summed E-state index contributed by atoms with van der Waals surface area (Å²) in [5, 5.41) is 19.5. The number of carbonyl (C=O) groups is 2. The van der Waals surface area contributed by atoms with Gasteiger partial charge in [0, 0.05) is 0 Å². The maximum absolute atomic E-state index is 12.3. The fourth-order valence-electron chi connectivity index (χ4n) is 2.95. The zero-order valence-electron chi connectivity index (χ0n) is 17.0. The van der Waals surface area contributed by atoms with E-state index in [0.717, 1.165) is 12.8 Å². The number of carboxylic acids is 1.